The summed E-state index contributed by atoms with van der Waals surface area (Å²) >= 11 is 0. The van der Waals surface area contributed by atoms with E-state index in [0.717, 1.165) is 30.4 Å². The van der Waals surface area contributed by atoms with Gasteiger partial charge >= 0.3 is 0 Å². The van der Waals surface area contributed by atoms with E-state index in [1.165, 1.54) is 0 Å². The number of hydrogen-bond donors (Lipinski definition) is 1. The van der Waals surface area contributed by atoms with Crippen LogP contribution in [0.4, 0.5) is 0 Å². The van der Waals surface area contributed by atoms with Crippen LogP contribution in [-0.4, -0.2) is 17.3 Å². The second-order valence-corrected chi connectivity index (χ2v) is 7.56. The first-order valence-corrected chi connectivity index (χ1v) is 7.73. The van der Waals surface area contributed by atoms with E-state index < -0.39 is 6.10 Å². The molecule has 0 aliphatic heterocycles. The molecule has 1 aromatic heterocycles. The normalized spacial score (nSPS) is 39.1. The Morgan fingerprint density at radius 3 is 2.75 bits per heavy atom. The first kappa shape index (κ1) is 14.2. The average Bonchev–Trinajstić information content (AvgIpc) is 2.91. The van der Waals surface area contributed by atoms with Crippen molar-refractivity contribution in [1.29, 1.82) is 0 Å². The van der Waals surface area contributed by atoms with Crippen molar-refractivity contribution in [2.75, 3.05) is 6.61 Å². The van der Waals surface area contributed by atoms with Crippen LogP contribution in [0.1, 0.15) is 57.8 Å². The number of aliphatic hydroxyl groups is 1. The van der Waals surface area contributed by atoms with Crippen molar-refractivity contribution in [2.45, 2.75) is 58.7 Å². The quantitative estimate of drug-likeness (QED) is 0.896. The third kappa shape index (κ3) is 2.11. The molecule has 1 saturated carbocycles. The molecule has 0 radical (unpaired) electrons. The van der Waals surface area contributed by atoms with Gasteiger partial charge in [0.2, 0.25) is 0 Å². The Bertz CT molecular complexity index is 490. The second-order valence-electron chi connectivity index (χ2n) is 7.56. The van der Waals surface area contributed by atoms with E-state index in [2.05, 4.69) is 27.7 Å². The van der Waals surface area contributed by atoms with Crippen LogP contribution in [0.15, 0.2) is 16.9 Å². The lowest BCUT2D eigenvalue weighted by Crippen LogP contribution is -2.41. The first-order valence-electron chi connectivity index (χ1n) is 7.73. The summed E-state index contributed by atoms with van der Waals surface area (Å²) in [7, 11) is 0. The van der Waals surface area contributed by atoms with E-state index in [4.69, 9.17) is 9.15 Å². The van der Waals surface area contributed by atoms with Crippen LogP contribution < -0.4 is 0 Å². The minimum atomic E-state index is -0.419. The van der Waals surface area contributed by atoms with Crippen LogP contribution in [0.2, 0.25) is 0 Å². The van der Waals surface area contributed by atoms with Gasteiger partial charge in [0.05, 0.1) is 24.2 Å². The highest BCUT2D eigenvalue weighted by Gasteiger charge is 2.53. The third-order valence-electron chi connectivity index (χ3n) is 5.38. The van der Waals surface area contributed by atoms with Crippen LogP contribution in [0.25, 0.3) is 0 Å². The van der Waals surface area contributed by atoms with Gasteiger partial charge in [-0.15, -0.1) is 0 Å². The molecule has 0 saturated heterocycles. The van der Waals surface area contributed by atoms with E-state index in [-0.39, 0.29) is 16.9 Å². The van der Waals surface area contributed by atoms with Crippen molar-refractivity contribution in [3.63, 3.8) is 0 Å². The highest BCUT2D eigenvalue weighted by Crippen LogP contribution is 2.57. The topological polar surface area (TPSA) is 42.6 Å². The van der Waals surface area contributed by atoms with E-state index in [1.807, 2.05) is 0 Å². The SMILES string of the molecule is CCO[C@@]1(C)Cc2cocc2[C@@H](O)[C@@H]2CC(C)(C)C[C@@H]21. The summed E-state index contributed by atoms with van der Waals surface area (Å²) in [4.78, 5) is 0. The molecule has 2 aliphatic rings. The molecule has 0 amide bonds. The summed E-state index contributed by atoms with van der Waals surface area (Å²) in [5.41, 5.74) is 2.15. The predicted octanol–water partition coefficient (Wildman–Crippen LogP) is 3.72. The van der Waals surface area contributed by atoms with E-state index in [1.54, 1.807) is 12.5 Å². The largest absolute Gasteiger partial charge is 0.472 e. The molecule has 0 aromatic carbocycles. The zero-order valence-electron chi connectivity index (χ0n) is 13.0. The molecule has 3 rings (SSSR count). The zero-order chi connectivity index (χ0) is 14.5. The summed E-state index contributed by atoms with van der Waals surface area (Å²) in [5.74, 6) is 0.667. The van der Waals surface area contributed by atoms with Gasteiger partial charge in [0.1, 0.15) is 0 Å². The van der Waals surface area contributed by atoms with Crippen molar-refractivity contribution >= 4 is 0 Å². The van der Waals surface area contributed by atoms with Gasteiger partial charge in [0.25, 0.3) is 0 Å². The molecular weight excluding hydrogens is 252 g/mol. The number of aliphatic hydroxyl groups excluding tert-OH is 1. The Hall–Kier alpha value is -0.800. The van der Waals surface area contributed by atoms with Crippen molar-refractivity contribution in [3.05, 3.63) is 23.7 Å². The summed E-state index contributed by atoms with van der Waals surface area (Å²) in [5, 5.41) is 10.8. The lowest BCUT2D eigenvalue weighted by Gasteiger charge is -2.38. The van der Waals surface area contributed by atoms with Crippen LogP contribution in [0, 0.1) is 17.3 Å². The van der Waals surface area contributed by atoms with Crippen molar-refractivity contribution in [3.8, 4) is 0 Å². The molecular formula is C17H26O3. The Morgan fingerprint density at radius 1 is 1.30 bits per heavy atom. The number of rotatable bonds is 2. The van der Waals surface area contributed by atoms with Crippen molar-refractivity contribution < 1.29 is 14.3 Å². The van der Waals surface area contributed by atoms with Gasteiger partial charge in [0.15, 0.2) is 0 Å². The molecule has 0 bridgehead atoms. The molecule has 3 heteroatoms. The first-order chi connectivity index (χ1) is 9.36. The fourth-order valence-corrected chi connectivity index (χ4v) is 4.58. The number of hydrogen-bond acceptors (Lipinski definition) is 3. The summed E-state index contributed by atoms with van der Waals surface area (Å²) in [6, 6.07) is 0. The smallest absolute Gasteiger partial charge is 0.0963 e. The van der Waals surface area contributed by atoms with Crippen LogP contribution in [0.3, 0.4) is 0 Å². The van der Waals surface area contributed by atoms with Gasteiger partial charge in [-0.25, -0.2) is 0 Å². The van der Waals surface area contributed by atoms with Gasteiger partial charge < -0.3 is 14.3 Å². The maximum Gasteiger partial charge on any atom is 0.0963 e. The summed E-state index contributed by atoms with van der Waals surface area (Å²) < 4.78 is 11.5. The molecule has 20 heavy (non-hydrogen) atoms. The maximum absolute atomic E-state index is 10.8. The molecule has 2 aliphatic carbocycles. The lowest BCUT2D eigenvalue weighted by atomic mass is 9.78. The van der Waals surface area contributed by atoms with Gasteiger partial charge in [-0.1, -0.05) is 13.8 Å². The molecule has 112 valence electrons. The third-order valence-corrected chi connectivity index (χ3v) is 5.38. The summed E-state index contributed by atoms with van der Waals surface area (Å²) in [6.07, 6.45) is 6.08. The average molecular weight is 278 g/mol. The maximum atomic E-state index is 10.8. The zero-order valence-corrected chi connectivity index (χ0v) is 13.0. The van der Waals surface area contributed by atoms with Gasteiger partial charge in [-0.2, -0.15) is 0 Å². The monoisotopic (exact) mass is 278 g/mol. The van der Waals surface area contributed by atoms with Crippen LogP contribution in [0.5, 0.6) is 0 Å². The second kappa shape index (κ2) is 4.60. The number of furan rings is 1. The van der Waals surface area contributed by atoms with E-state index in [0.29, 0.717) is 12.5 Å². The highest BCUT2D eigenvalue weighted by molar-refractivity contribution is 5.29. The molecule has 1 aromatic rings. The fourth-order valence-electron chi connectivity index (χ4n) is 4.58. The number of fused-ring (bicyclic) bond motifs is 2. The van der Waals surface area contributed by atoms with Gasteiger partial charge in [-0.05, 0) is 49.5 Å². The standard InChI is InChI=1S/C17H26O3/c1-5-20-17(4)6-11-9-19-10-13(11)15(18)12-7-16(2,3)8-14(12)17/h9-10,12,14-15,18H,5-8H2,1-4H3/t12-,14+,15+,17+/m1/s1. The number of ether oxygens (including phenoxy) is 1. The molecule has 1 heterocycles. The molecule has 1 N–H and O–H groups in total. The fraction of sp³-hybridized carbons (Fsp3) is 0.765. The van der Waals surface area contributed by atoms with Crippen LogP contribution in [-0.2, 0) is 11.2 Å². The van der Waals surface area contributed by atoms with Crippen LogP contribution >= 0.6 is 0 Å². The predicted molar refractivity (Wildman–Crippen MR) is 77.4 cm³/mol. The minimum absolute atomic E-state index is 0.205. The van der Waals surface area contributed by atoms with Gasteiger partial charge in [-0.3, -0.25) is 0 Å². The highest BCUT2D eigenvalue weighted by atomic mass is 16.5. The van der Waals surface area contributed by atoms with E-state index >= 15 is 0 Å². The van der Waals surface area contributed by atoms with Crippen molar-refractivity contribution in [2.24, 2.45) is 17.3 Å². The molecule has 1 fully saturated rings. The Morgan fingerprint density at radius 2 is 2.05 bits per heavy atom. The molecule has 4 atom stereocenters. The Balaban J connectivity index is 2.05. The molecule has 0 unspecified atom stereocenters. The molecule has 0 spiro atoms. The Kier molecular flexibility index (Phi) is 3.26. The molecule has 3 nitrogen and oxygen atoms in total. The summed E-state index contributed by atoms with van der Waals surface area (Å²) in [6.45, 7) is 9.58. The van der Waals surface area contributed by atoms with E-state index in [9.17, 15) is 5.11 Å². The van der Waals surface area contributed by atoms with Gasteiger partial charge in [0, 0.05) is 18.6 Å². The van der Waals surface area contributed by atoms with Crippen molar-refractivity contribution in [1.82, 2.24) is 0 Å². The minimum Gasteiger partial charge on any atom is -0.472 e. The lowest BCUT2D eigenvalue weighted by molar-refractivity contribution is -0.0905. The Labute approximate surface area is 121 Å².